The van der Waals surface area contributed by atoms with Gasteiger partial charge in [0.05, 0.1) is 18.3 Å². The van der Waals surface area contributed by atoms with Crippen LogP contribution >= 0.6 is 0 Å². The van der Waals surface area contributed by atoms with Crippen molar-refractivity contribution in [3.63, 3.8) is 0 Å². The molecule has 1 aromatic heterocycles. The lowest BCUT2D eigenvalue weighted by Crippen LogP contribution is -1.93. The van der Waals surface area contributed by atoms with E-state index in [0.29, 0.717) is 17.2 Å². The summed E-state index contributed by atoms with van der Waals surface area (Å²) in [5.41, 5.74) is 4.35. The van der Waals surface area contributed by atoms with Crippen molar-refractivity contribution in [2.24, 2.45) is 0 Å². The molecule has 0 unspecified atom stereocenters. The summed E-state index contributed by atoms with van der Waals surface area (Å²) in [6.07, 6.45) is 0. The Morgan fingerprint density at radius 2 is 1.88 bits per heavy atom. The van der Waals surface area contributed by atoms with Crippen molar-refractivity contribution >= 4 is 10.9 Å². The molecule has 0 atom stereocenters. The zero-order valence-corrected chi connectivity index (χ0v) is 13.7. The summed E-state index contributed by atoms with van der Waals surface area (Å²) in [4.78, 5) is 4.70. The van der Waals surface area contributed by atoms with Gasteiger partial charge in [-0.25, -0.2) is 4.98 Å². The van der Waals surface area contributed by atoms with Gasteiger partial charge in [-0.1, -0.05) is 0 Å². The largest absolute Gasteiger partial charge is 0.508 e. The minimum atomic E-state index is 0.187. The molecule has 5 heteroatoms. The van der Waals surface area contributed by atoms with Gasteiger partial charge >= 0.3 is 0 Å². The van der Waals surface area contributed by atoms with E-state index in [-0.39, 0.29) is 12.5 Å². The smallest absolute Gasteiger partial charge is 0.231 e. The number of aryl methyl sites for hydroxylation is 2. The van der Waals surface area contributed by atoms with Crippen molar-refractivity contribution in [3.05, 3.63) is 41.5 Å². The number of aromatic nitrogens is 1. The fourth-order valence-corrected chi connectivity index (χ4v) is 2.96. The van der Waals surface area contributed by atoms with Crippen LogP contribution in [0.4, 0.5) is 0 Å². The van der Waals surface area contributed by atoms with Crippen LogP contribution in [0.5, 0.6) is 23.0 Å². The topological polar surface area (TPSA) is 60.8 Å². The minimum Gasteiger partial charge on any atom is -0.508 e. The molecular formula is C19H17NO4. The average molecular weight is 323 g/mol. The summed E-state index contributed by atoms with van der Waals surface area (Å²) < 4.78 is 16.3. The summed E-state index contributed by atoms with van der Waals surface area (Å²) >= 11 is 0. The van der Waals surface area contributed by atoms with Gasteiger partial charge in [-0.05, 0) is 49.2 Å². The third-order valence-electron chi connectivity index (χ3n) is 4.29. The second-order valence-corrected chi connectivity index (χ2v) is 5.89. The molecule has 0 amide bonds. The zero-order chi connectivity index (χ0) is 16.8. The maximum atomic E-state index is 9.98. The lowest BCUT2D eigenvalue weighted by Gasteiger charge is -2.11. The van der Waals surface area contributed by atoms with E-state index in [0.717, 1.165) is 33.3 Å². The van der Waals surface area contributed by atoms with E-state index >= 15 is 0 Å². The van der Waals surface area contributed by atoms with Crippen LogP contribution in [0.1, 0.15) is 11.1 Å². The number of hydrogen-bond donors (Lipinski definition) is 1. The monoisotopic (exact) mass is 323 g/mol. The molecule has 24 heavy (non-hydrogen) atoms. The first-order valence-electron chi connectivity index (χ1n) is 7.66. The lowest BCUT2D eigenvalue weighted by atomic mass is 10.0. The van der Waals surface area contributed by atoms with Gasteiger partial charge in [0.15, 0.2) is 11.5 Å². The molecule has 3 aromatic rings. The van der Waals surface area contributed by atoms with Crippen molar-refractivity contribution in [3.8, 4) is 34.3 Å². The highest BCUT2D eigenvalue weighted by Gasteiger charge is 2.21. The number of phenols is 1. The average Bonchev–Trinajstić information content (AvgIpc) is 3.04. The van der Waals surface area contributed by atoms with Crippen LogP contribution in [0.15, 0.2) is 30.3 Å². The Hall–Kier alpha value is -2.95. The molecule has 0 aliphatic carbocycles. The van der Waals surface area contributed by atoms with Gasteiger partial charge in [-0.15, -0.1) is 0 Å². The van der Waals surface area contributed by atoms with E-state index in [1.165, 1.54) is 0 Å². The number of ether oxygens (including phenoxy) is 3. The second-order valence-electron chi connectivity index (χ2n) is 5.89. The first kappa shape index (κ1) is 14.6. The van der Waals surface area contributed by atoms with E-state index < -0.39 is 0 Å². The summed E-state index contributed by atoms with van der Waals surface area (Å²) in [6.45, 7) is 4.10. The van der Waals surface area contributed by atoms with Crippen LogP contribution in [-0.2, 0) is 0 Å². The summed E-state index contributed by atoms with van der Waals surface area (Å²) in [6, 6.07) is 9.46. The molecule has 2 heterocycles. The molecule has 0 saturated heterocycles. The number of phenolic OH excluding ortho intramolecular Hbond substituents is 1. The van der Waals surface area contributed by atoms with Crippen molar-refractivity contribution in [2.75, 3.05) is 13.9 Å². The predicted molar refractivity (Wildman–Crippen MR) is 91.0 cm³/mol. The molecule has 0 saturated carbocycles. The van der Waals surface area contributed by atoms with Gasteiger partial charge in [0.1, 0.15) is 5.75 Å². The standard InChI is InChI=1S/C19H17NO4/c1-10-5-14(20-15-8-16(21)11(2)4-13(10)15)12-6-17(22-3)19-18(7-12)23-9-24-19/h4-8,21H,9H2,1-3H3. The molecule has 0 radical (unpaired) electrons. The number of pyridine rings is 1. The Morgan fingerprint density at radius 3 is 2.67 bits per heavy atom. The predicted octanol–water partition coefficient (Wildman–Crippen LogP) is 3.96. The SMILES string of the molecule is COc1cc(-c2cc(C)c3cc(C)c(O)cc3n2)cc2c1OCO2. The van der Waals surface area contributed by atoms with Crippen LogP contribution in [0.2, 0.25) is 0 Å². The summed E-state index contributed by atoms with van der Waals surface area (Å²) in [5, 5.41) is 11.0. The van der Waals surface area contributed by atoms with E-state index in [1.54, 1.807) is 13.2 Å². The van der Waals surface area contributed by atoms with Crippen molar-refractivity contribution in [1.29, 1.82) is 0 Å². The van der Waals surface area contributed by atoms with Crippen molar-refractivity contribution in [2.45, 2.75) is 13.8 Å². The number of methoxy groups -OCH3 is 1. The molecule has 122 valence electrons. The number of nitrogens with zero attached hydrogens (tertiary/aromatic N) is 1. The molecule has 0 bridgehead atoms. The van der Waals surface area contributed by atoms with Crippen LogP contribution in [-0.4, -0.2) is 24.0 Å². The number of fused-ring (bicyclic) bond motifs is 2. The Balaban J connectivity index is 1.92. The van der Waals surface area contributed by atoms with Crippen LogP contribution in [0.25, 0.3) is 22.2 Å². The van der Waals surface area contributed by atoms with Gasteiger partial charge in [-0.3, -0.25) is 0 Å². The van der Waals surface area contributed by atoms with E-state index in [2.05, 4.69) is 0 Å². The second kappa shape index (κ2) is 5.30. The third-order valence-corrected chi connectivity index (χ3v) is 4.29. The first-order chi connectivity index (χ1) is 11.6. The van der Waals surface area contributed by atoms with E-state index in [1.807, 2.05) is 38.1 Å². The molecule has 5 nitrogen and oxygen atoms in total. The maximum absolute atomic E-state index is 9.98. The number of hydrogen-bond acceptors (Lipinski definition) is 5. The van der Waals surface area contributed by atoms with Gasteiger partial charge in [0.2, 0.25) is 12.5 Å². The van der Waals surface area contributed by atoms with Crippen molar-refractivity contribution < 1.29 is 19.3 Å². The Morgan fingerprint density at radius 1 is 1.04 bits per heavy atom. The highest BCUT2D eigenvalue weighted by molar-refractivity contribution is 5.87. The number of benzene rings is 2. The number of rotatable bonds is 2. The fraction of sp³-hybridized carbons (Fsp3) is 0.211. The molecule has 4 rings (SSSR count). The molecule has 1 aliphatic heterocycles. The van der Waals surface area contributed by atoms with Crippen LogP contribution < -0.4 is 14.2 Å². The molecule has 0 spiro atoms. The quantitative estimate of drug-likeness (QED) is 0.773. The van der Waals surface area contributed by atoms with Crippen LogP contribution in [0, 0.1) is 13.8 Å². The maximum Gasteiger partial charge on any atom is 0.231 e. The number of aromatic hydroxyl groups is 1. The van der Waals surface area contributed by atoms with Gasteiger partial charge in [-0.2, -0.15) is 0 Å². The fourth-order valence-electron chi connectivity index (χ4n) is 2.96. The lowest BCUT2D eigenvalue weighted by molar-refractivity contribution is 0.171. The molecule has 1 aliphatic rings. The van der Waals surface area contributed by atoms with E-state index in [9.17, 15) is 5.11 Å². The molecular weight excluding hydrogens is 306 g/mol. The molecule has 2 aromatic carbocycles. The van der Waals surface area contributed by atoms with Gasteiger partial charge < -0.3 is 19.3 Å². The Labute approximate surface area is 139 Å². The van der Waals surface area contributed by atoms with Crippen molar-refractivity contribution in [1.82, 2.24) is 4.98 Å². The normalized spacial score (nSPS) is 12.6. The summed E-state index contributed by atoms with van der Waals surface area (Å²) in [5.74, 6) is 2.13. The third kappa shape index (κ3) is 2.21. The Kier molecular flexibility index (Phi) is 3.23. The highest BCUT2D eigenvalue weighted by Crippen LogP contribution is 2.44. The first-order valence-corrected chi connectivity index (χ1v) is 7.66. The molecule has 1 N–H and O–H groups in total. The highest BCUT2D eigenvalue weighted by atomic mass is 16.7. The minimum absolute atomic E-state index is 0.187. The van der Waals surface area contributed by atoms with Crippen LogP contribution in [0.3, 0.4) is 0 Å². The summed E-state index contributed by atoms with van der Waals surface area (Å²) in [7, 11) is 1.60. The van der Waals surface area contributed by atoms with Gasteiger partial charge in [0, 0.05) is 17.0 Å². The van der Waals surface area contributed by atoms with E-state index in [4.69, 9.17) is 19.2 Å². The molecule has 0 fully saturated rings. The Bertz CT molecular complexity index is 965. The van der Waals surface area contributed by atoms with Gasteiger partial charge in [0.25, 0.3) is 0 Å². The zero-order valence-electron chi connectivity index (χ0n) is 13.7.